The largest absolute Gasteiger partial charge is 0.332 e. The Kier molecular flexibility index (Phi) is 7.13. The van der Waals surface area contributed by atoms with Gasteiger partial charge in [0.25, 0.3) is 5.56 Å². The molecule has 0 aliphatic carbocycles. The summed E-state index contributed by atoms with van der Waals surface area (Å²) in [5, 5.41) is 0. The Labute approximate surface area is 217 Å². The lowest BCUT2D eigenvalue weighted by Crippen LogP contribution is -2.47. The first-order valence-electron chi connectivity index (χ1n) is 13.1. The van der Waals surface area contributed by atoms with Crippen LogP contribution >= 0.6 is 0 Å². The predicted octanol–water partition coefficient (Wildman–Crippen LogP) is 3.00. The monoisotopic (exact) mass is 500 g/mol. The molecule has 0 N–H and O–H groups in total. The van der Waals surface area contributed by atoms with Gasteiger partial charge in [-0.3, -0.25) is 23.7 Å². The molecule has 0 radical (unpaired) electrons. The lowest BCUT2D eigenvalue weighted by molar-refractivity contribution is 0.102. The summed E-state index contributed by atoms with van der Waals surface area (Å²) in [6.07, 6.45) is 0. The van der Waals surface area contributed by atoms with Crippen molar-refractivity contribution in [3.05, 3.63) is 98.5 Å². The first kappa shape index (κ1) is 25.2. The molecule has 8 nitrogen and oxygen atoms in total. The molecule has 1 aliphatic rings. The molecule has 2 aromatic heterocycles. The Hall–Kier alpha value is -3.49. The summed E-state index contributed by atoms with van der Waals surface area (Å²) >= 11 is 0. The van der Waals surface area contributed by atoms with E-state index in [-0.39, 0.29) is 17.3 Å². The van der Waals surface area contributed by atoms with Gasteiger partial charge in [0, 0.05) is 46.8 Å². The molecule has 5 rings (SSSR count). The fourth-order valence-electron chi connectivity index (χ4n) is 5.44. The van der Waals surface area contributed by atoms with Crippen LogP contribution in [0.2, 0.25) is 0 Å². The minimum Gasteiger partial charge on any atom is -0.321 e. The van der Waals surface area contributed by atoms with E-state index in [9.17, 15) is 9.59 Å². The third-order valence-electron chi connectivity index (χ3n) is 7.34. The molecule has 0 spiro atoms. The molecule has 0 bridgehead atoms. The zero-order valence-corrected chi connectivity index (χ0v) is 22.2. The van der Waals surface area contributed by atoms with Gasteiger partial charge in [-0.05, 0) is 17.0 Å². The number of fused-ring (bicyclic) bond motifs is 1. The molecule has 0 amide bonds. The van der Waals surface area contributed by atoms with Gasteiger partial charge >= 0.3 is 5.69 Å². The molecule has 2 aromatic carbocycles. The summed E-state index contributed by atoms with van der Waals surface area (Å²) in [6.45, 7) is 9.26. The van der Waals surface area contributed by atoms with Crippen molar-refractivity contribution >= 4 is 11.2 Å². The van der Waals surface area contributed by atoms with Crippen LogP contribution in [0.1, 0.15) is 36.8 Å². The van der Waals surface area contributed by atoms with Crippen molar-refractivity contribution in [2.45, 2.75) is 33.0 Å². The first-order valence-corrected chi connectivity index (χ1v) is 13.1. The van der Waals surface area contributed by atoms with Crippen LogP contribution in [0.5, 0.6) is 0 Å². The number of imidazole rings is 1. The number of nitrogens with zero attached hydrogens (tertiary/aromatic N) is 6. The molecule has 8 heteroatoms. The lowest BCUT2D eigenvalue weighted by atomic mass is 9.96. The van der Waals surface area contributed by atoms with Crippen molar-refractivity contribution in [3.8, 4) is 0 Å². The van der Waals surface area contributed by atoms with Crippen molar-refractivity contribution in [2.75, 3.05) is 26.2 Å². The standard InChI is InChI=1S/C29H36N6O2/c1-21(2)19-35-24(30-27-26(35)28(36)32(4)29(37)31(27)3)20-33-15-17-34(18-16-33)25(22-11-7-5-8-12-22)23-13-9-6-10-14-23/h5-14,21,25H,15-20H2,1-4H3. The molecule has 1 fully saturated rings. The summed E-state index contributed by atoms with van der Waals surface area (Å²) in [6, 6.07) is 21.6. The zero-order valence-electron chi connectivity index (χ0n) is 22.2. The maximum Gasteiger partial charge on any atom is 0.332 e. The predicted molar refractivity (Wildman–Crippen MR) is 147 cm³/mol. The van der Waals surface area contributed by atoms with Crippen LogP contribution in [0.3, 0.4) is 0 Å². The first-order chi connectivity index (χ1) is 17.8. The highest BCUT2D eigenvalue weighted by Gasteiger charge is 2.28. The number of piperazine rings is 1. The summed E-state index contributed by atoms with van der Waals surface area (Å²) in [4.78, 5) is 35.4. The lowest BCUT2D eigenvalue weighted by Gasteiger charge is -2.39. The van der Waals surface area contributed by atoms with Crippen molar-refractivity contribution in [2.24, 2.45) is 20.0 Å². The molecule has 194 valence electrons. The van der Waals surface area contributed by atoms with Crippen molar-refractivity contribution in [1.82, 2.24) is 28.5 Å². The third kappa shape index (κ3) is 4.91. The quantitative estimate of drug-likeness (QED) is 0.390. The maximum atomic E-state index is 13.1. The van der Waals surface area contributed by atoms with Crippen LogP contribution in [0.4, 0.5) is 0 Å². The highest BCUT2D eigenvalue weighted by atomic mass is 16.2. The smallest absolute Gasteiger partial charge is 0.321 e. The van der Waals surface area contributed by atoms with Crippen LogP contribution in [0.15, 0.2) is 70.3 Å². The second-order valence-corrected chi connectivity index (χ2v) is 10.4. The molecule has 0 unspecified atom stereocenters. The van der Waals surface area contributed by atoms with Gasteiger partial charge in [-0.2, -0.15) is 0 Å². The highest BCUT2D eigenvalue weighted by molar-refractivity contribution is 5.71. The number of rotatable bonds is 7. The highest BCUT2D eigenvalue weighted by Crippen LogP contribution is 2.29. The van der Waals surface area contributed by atoms with E-state index < -0.39 is 0 Å². The number of aromatic nitrogens is 4. The molecular weight excluding hydrogens is 464 g/mol. The van der Waals surface area contributed by atoms with Gasteiger partial charge in [0.05, 0.1) is 12.6 Å². The Morgan fingerprint density at radius 2 is 1.38 bits per heavy atom. The molecular formula is C29H36N6O2. The van der Waals surface area contributed by atoms with Crippen LogP contribution in [0.25, 0.3) is 11.2 Å². The van der Waals surface area contributed by atoms with E-state index in [2.05, 4.69) is 84.3 Å². The Morgan fingerprint density at radius 1 is 0.811 bits per heavy atom. The van der Waals surface area contributed by atoms with Crippen molar-refractivity contribution in [3.63, 3.8) is 0 Å². The minimum absolute atomic E-state index is 0.215. The Balaban J connectivity index is 1.41. The SMILES string of the molecule is CC(C)Cn1c(CN2CCN(C(c3ccccc3)c3ccccc3)CC2)nc2c1c(=O)n(C)c(=O)n2C. The van der Waals surface area contributed by atoms with Crippen LogP contribution < -0.4 is 11.2 Å². The van der Waals surface area contributed by atoms with E-state index in [0.717, 1.165) is 32.0 Å². The van der Waals surface area contributed by atoms with E-state index in [1.165, 1.54) is 27.3 Å². The number of aryl methyl sites for hydroxylation is 1. The van der Waals surface area contributed by atoms with E-state index in [4.69, 9.17) is 4.98 Å². The number of hydrogen-bond donors (Lipinski definition) is 0. The Bertz CT molecular complexity index is 1440. The molecule has 1 saturated heterocycles. The molecule has 37 heavy (non-hydrogen) atoms. The molecule has 1 aliphatic heterocycles. The fraction of sp³-hybridized carbons (Fsp3) is 0.414. The zero-order chi connectivity index (χ0) is 26.1. The van der Waals surface area contributed by atoms with Crippen LogP contribution in [0, 0.1) is 5.92 Å². The van der Waals surface area contributed by atoms with Gasteiger partial charge in [-0.25, -0.2) is 9.78 Å². The van der Waals surface area contributed by atoms with E-state index in [1.807, 2.05) is 4.57 Å². The second kappa shape index (κ2) is 10.5. The maximum absolute atomic E-state index is 13.1. The molecule has 4 aromatic rings. The Morgan fingerprint density at radius 3 is 1.92 bits per heavy atom. The van der Waals surface area contributed by atoms with Crippen molar-refractivity contribution in [1.29, 1.82) is 0 Å². The number of hydrogen-bond acceptors (Lipinski definition) is 5. The van der Waals surface area contributed by atoms with Crippen LogP contribution in [-0.2, 0) is 27.2 Å². The molecule has 0 atom stereocenters. The van der Waals surface area contributed by atoms with Crippen molar-refractivity contribution < 1.29 is 0 Å². The summed E-state index contributed by atoms with van der Waals surface area (Å²) in [7, 11) is 3.22. The summed E-state index contributed by atoms with van der Waals surface area (Å²) < 4.78 is 4.70. The van der Waals surface area contributed by atoms with E-state index in [0.29, 0.717) is 30.2 Å². The van der Waals surface area contributed by atoms with Gasteiger partial charge in [-0.15, -0.1) is 0 Å². The molecule has 0 saturated carbocycles. The van der Waals surface area contributed by atoms with Gasteiger partial charge in [0.1, 0.15) is 5.82 Å². The average Bonchev–Trinajstić information content (AvgIpc) is 3.26. The molecule has 3 heterocycles. The average molecular weight is 501 g/mol. The van der Waals surface area contributed by atoms with E-state index >= 15 is 0 Å². The van der Waals surface area contributed by atoms with Gasteiger partial charge < -0.3 is 4.57 Å². The summed E-state index contributed by atoms with van der Waals surface area (Å²) in [5.41, 5.74) is 2.96. The van der Waals surface area contributed by atoms with Crippen LogP contribution in [-0.4, -0.2) is 54.7 Å². The van der Waals surface area contributed by atoms with Gasteiger partial charge in [0.2, 0.25) is 0 Å². The minimum atomic E-state index is -0.347. The fourth-order valence-corrected chi connectivity index (χ4v) is 5.44. The van der Waals surface area contributed by atoms with Gasteiger partial charge in [-0.1, -0.05) is 74.5 Å². The topological polar surface area (TPSA) is 68.3 Å². The summed E-state index contributed by atoms with van der Waals surface area (Å²) in [5.74, 6) is 1.19. The van der Waals surface area contributed by atoms with E-state index in [1.54, 1.807) is 7.05 Å². The third-order valence-corrected chi connectivity index (χ3v) is 7.34. The number of benzene rings is 2. The normalized spacial score (nSPS) is 15.3. The van der Waals surface area contributed by atoms with Gasteiger partial charge in [0.15, 0.2) is 11.2 Å². The second-order valence-electron chi connectivity index (χ2n) is 10.4.